The molecule has 1 aromatic heterocycles. The van der Waals surface area contributed by atoms with E-state index in [9.17, 15) is 14.4 Å². The predicted molar refractivity (Wildman–Crippen MR) is 128 cm³/mol. The van der Waals surface area contributed by atoms with Gasteiger partial charge in [-0.1, -0.05) is 12.2 Å². The number of likely N-dealkylation sites (tertiary alicyclic amines) is 1. The van der Waals surface area contributed by atoms with E-state index in [1.807, 2.05) is 13.0 Å². The van der Waals surface area contributed by atoms with Crippen molar-refractivity contribution in [3.05, 3.63) is 41.9 Å². The minimum atomic E-state index is -0.224. The number of methoxy groups -OCH3 is 1. The number of nitrogens with zero attached hydrogens (tertiary/aromatic N) is 4. The van der Waals surface area contributed by atoms with Gasteiger partial charge in [0.25, 0.3) is 0 Å². The zero-order chi connectivity index (χ0) is 24.7. The Balaban J connectivity index is 1.57. The first kappa shape index (κ1) is 24.7. The van der Waals surface area contributed by atoms with Crippen LogP contribution in [0.5, 0.6) is 11.5 Å². The van der Waals surface area contributed by atoms with Gasteiger partial charge in [0.15, 0.2) is 29.4 Å². The summed E-state index contributed by atoms with van der Waals surface area (Å²) in [4.78, 5) is 44.5. The summed E-state index contributed by atoms with van der Waals surface area (Å²) in [5.74, 6) is 1.43. The van der Waals surface area contributed by atoms with E-state index in [2.05, 4.69) is 21.9 Å². The van der Waals surface area contributed by atoms with Gasteiger partial charge in [-0.3, -0.25) is 19.4 Å². The lowest BCUT2D eigenvalue weighted by Crippen LogP contribution is -2.28. The smallest absolute Gasteiger partial charge is 0.225 e. The van der Waals surface area contributed by atoms with Gasteiger partial charge < -0.3 is 24.3 Å². The molecule has 180 valence electrons. The Morgan fingerprint density at radius 2 is 2.15 bits per heavy atom. The maximum Gasteiger partial charge on any atom is 0.225 e. The van der Waals surface area contributed by atoms with E-state index in [1.54, 1.807) is 37.5 Å². The van der Waals surface area contributed by atoms with Gasteiger partial charge in [-0.25, -0.2) is 4.98 Å². The minimum absolute atomic E-state index is 0.115. The molecule has 1 unspecified atom stereocenters. The van der Waals surface area contributed by atoms with Crippen molar-refractivity contribution in [1.82, 2.24) is 14.5 Å². The second kappa shape index (κ2) is 11.3. The van der Waals surface area contributed by atoms with Crippen molar-refractivity contribution < 1.29 is 23.9 Å². The molecule has 1 aromatic carbocycles. The molecule has 1 aliphatic rings. The molecule has 2 amide bonds. The predicted octanol–water partition coefficient (Wildman–Crippen LogP) is 2.84. The number of anilines is 1. The number of benzene rings is 1. The van der Waals surface area contributed by atoms with E-state index in [4.69, 9.17) is 9.47 Å². The van der Waals surface area contributed by atoms with Crippen LogP contribution >= 0.6 is 0 Å². The van der Waals surface area contributed by atoms with Gasteiger partial charge in [0.1, 0.15) is 0 Å². The van der Waals surface area contributed by atoms with Gasteiger partial charge in [-0.15, -0.1) is 0 Å². The molecule has 3 rings (SSSR count). The van der Waals surface area contributed by atoms with Crippen molar-refractivity contribution >= 4 is 36.3 Å². The number of rotatable bonds is 11. The molecular weight excluding hydrogens is 438 g/mol. The van der Waals surface area contributed by atoms with Crippen molar-refractivity contribution in [1.29, 1.82) is 0 Å². The monoisotopic (exact) mass is 467 g/mol. The molecule has 1 fully saturated rings. The van der Waals surface area contributed by atoms with Crippen molar-refractivity contribution in [2.75, 3.05) is 25.6 Å². The SMILES string of the molecule is C=C1CC(/C=N\c2cc(OCCCC(=O)Nc3cn(C)c(C=O)n3)c(OC)cc2C)N(C=O)C1. The summed E-state index contributed by atoms with van der Waals surface area (Å²) in [5, 5.41) is 2.67. The second-order valence-corrected chi connectivity index (χ2v) is 8.08. The molecule has 0 radical (unpaired) electrons. The molecule has 0 aliphatic carbocycles. The first-order valence-corrected chi connectivity index (χ1v) is 10.9. The summed E-state index contributed by atoms with van der Waals surface area (Å²) in [7, 11) is 3.24. The number of amides is 2. The van der Waals surface area contributed by atoms with Crippen LogP contribution in [0.2, 0.25) is 0 Å². The number of nitrogens with one attached hydrogen (secondary N) is 1. The van der Waals surface area contributed by atoms with E-state index in [0.717, 1.165) is 17.5 Å². The van der Waals surface area contributed by atoms with Crippen LogP contribution in [0.1, 0.15) is 35.4 Å². The number of aryl methyl sites for hydroxylation is 2. The van der Waals surface area contributed by atoms with E-state index in [-0.39, 0.29) is 24.2 Å². The van der Waals surface area contributed by atoms with Gasteiger partial charge in [-0.2, -0.15) is 0 Å². The molecule has 1 atom stereocenters. The largest absolute Gasteiger partial charge is 0.493 e. The standard InChI is InChI=1S/C24H29N5O5/c1-16-8-18(29(12-16)15-31)11-25-19-10-21(20(33-4)9-17(19)2)34-7-5-6-24(32)27-22-13-28(3)23(14-30)26-22/h9-11,13-15,18H,1,5-8,12H2,2-4H3,(H,27,32)/b25-11-. The highest BCUT2D eigenvalue weighted by Crippen LogP contribution is 2.35. The van der Waals surface area contributed by atoms with Gasteiger partial charge >= 0.3 is 0 Å². The maximum atomic E-state index is 12.2. The number of aromatic nitrogens is 2. The molecule has 0 spiro atoms. The highest BCUT2D eigenvalue weighted by molar-refractivity contribution is 5.90. The number of hydrogen-bond acceptors (Lipinski definition) is 7. The minimum Gasteiger partial charge on any atom is -0.493 e. The zero-order valence-corrected chi connectivity index (χ0v) is 19.6. The Morgan fingerprint density at radius 3 is 2.82 bits per heavy atom. The molecule has 10 heteroatoms. The van der Waals surface area contributed by atoms with Gasteiger partial charge in [0, 0.05) is 38.5 Å². The number of aliphatic imine (C=N–C) groups is 1. The number of hydrogen-bond donors (Lipinski definition) is 1. The Hall–Kier alpha value is -3.95. The fourth-order valence-electron chi connectivity index (χ4n) is 3.61. The first-order chi connectivity index (χ1) is 16.3. The van der Waals surface area contributed by atoms with Crippen molar-refractivity contribution in [2.45, 2.75) is 32.2 Å². The third-order valence-corrected chi connectivity index (χ3v) is 5.42. The molecule has 34 heavy (non-hydrogen) atoms. The molecule has 10 nitrogen and oxygen atoms in total. The third-order valence-electron chi connectivity index (χ3n) is 5.42. The van der Waals surface area contributed by atoms with Crippen LogP contribution in [0.25, 0.3) is 0 Å². The van der Waals surface area contributed by atoms with Crippen LogP contribution < -0.4 is 14.8 Å². The van der Waals surface area contributed by atoms with E-state index in [1.165, 1.54) is 4.57 Å². The molecule has 1 aliphatic heterocycles. The van der Waals surface area contributed by atoms with Crippen LogP contribution in [-0.2, 0) is 16.6 Å². The third kappa shape index (κ3) is 6.09. The maximum absolute atomic E-state index is 12.2. The molecular formula is C24H29N5O5. The van der Waals surface area contributed by atoms with Crippen LogP contribution in [0.4, 0.5) is 11.5 Å². The lowest BCUT2D eigenvalue weighted by Gasteiger charge is -2.15. The molecule has 2 heterocycles. The van der Waals surface area contributed by atoms with Gasteiger partial charge in [-0.05, 0) is 31.4 Å². The molecule has 0 bridgehead atoms. The van der Waals surface area contributed by atoms with Crippen LogP contribution in [-0.4, -0.2) is 65.6 Å². The summed E-state index contributed by atoms with van der Waals surface area (Å²) in [6, 6.07) is 3.51. The van der Waals surface area contributed by atoms with Crippen LogP contribution in [0.3, 0.4) is 0 Å². The summed E-state index contributed by atoms with van der Waals surface area (Å²) in [6.45, 7) is 6.71. The molecule has 2 aromatic rings. The first-order valence-electron chi connectivity index (χ1n) is 10.9. The quantitative estimate of drug-likeness (QED) is 0.235. The van der Waals surface area contributed by atoms with Crippen molar-refractivity contribution in [2.24, 2.45) is 12.0 Å². The zero-order valence-electron chi connectivity index (χ0n) is 19.6. The average molecular weight is 468 g/mol. The molecule has 0 saturated carbocycles. The van der Waals surface area contributed by atoms with E-state index in [0.29, 0.717) is 55.3 Å². The summed E-state index contributed by atoms with van der Waals surface area (Å²) in [6.07, 6.45) is 6.15. The van der Waals surface area contributed by atoms with Crippen molar-refractivity contribution in [3.8, 4) is 11.5 Å². The Morgan fingerprint density at radius 1 is 1.35 bits per heavy atom. The molecule has 1 saturated heterocycles. The Labute approximate surface area is 198 Å². The van der Waals surface area contributed by atoms with E-state index < -0.39 is 0 Å². The number of imidazole rings is 1. The molecule has 1 N–H and O–H groups in total. The highest BCUT2D eigenvalue weighted by atomic mass is 16.5. The summed E-state index contributed by atoms with van der Waals surface area (Å²) in [5.41, 5.74) is 2.60. The number of carbonyl (C=O) groups excluding carboxylic acids is 3. The fraction of sp³-hybridized carbons (Fsp3) is 0.375. The second-order valence-electron chi connectivity index (χ2n) is 8.08. The lowest BCUT2D eigenvalue weighted by atomic mass is 10.1. The topological polar surface area (TPSA) is 115 Å². The lowest BCUT2D eigenvalue weighted by molar-refractivity contribution is -0.118. The van der Waals surface area contributed by atoms with Crippen molar-refractivity contribution in [3.63, 3.8) is 0 Å². The number of aldehydes is 1. The van der Waals surface area contributed by atoms with Gasteiger partial charge in [0.2, 0.25) is 12.3 Å². The van der Waals surface area contributed by atoms with Crippen LogP contribution in [0, 0.1) is 6.92 Å². The van der Waals surface area contributed by atoms with E-state index >= 15 is 0 Å². The Kier molecular flexibility index (Phi) is 8.18. The number of ether oxygens (including phenoxy) is 2. The normalized spacial score (nSPS) is 15.6. The van der Waals surface area contributed by atoms with Crippen LogP contribution in [0.15, 0.2) is 35.5 Å². The Bertz CT molecular complexity index is 1110. The van der Waals surface area contributed by atoms with Gasteiger partial charge in [0.05, 0.1) is 25.4 Å². The summed E-state index contributed by atoms with van der Waals surface area (Å²) >= 11 is 0. The average Bonchev–Trinajstić information content (AvgIpc) is 3.36. The highest BCUT2D eigenvalue weighted by Gasteiger charge is 2.24. The fourth-order valence-corrected chi connectivity index (χ4v) is 3.61. The number of carbonyl (C=O) groups is 3. The summed E-state index contributed by atoms with van der Waals surface area (Å²) < 4.78 is 12.8.